The Balaban J connectivity index is 2.98. The van der Waals surface area contributed by atoms with Gasteiger partial charge in [0.2, 0.25) is 0 Å². The van der Waals surface area contributed by atoms with Gasteiger partial charge in [-0.2, -0.15) is 10.5 Å². The van der Waals surface area contributed by atoms with Crippen molar-refractivity contribution in [3.63, 3.8) is 0 Å². The van der Waals surface area contributed by atoms with Gasteiger partial charge in [0.1, 0.15) is 17.7 Å². The zero-order valence-corrected chi connectivity index (χ0v) is 8.64. The summed E-state index contributed by atoms with van der Waals surface area (Å²) in [6, 6.07) is 13.7. The molecule has 15 heavy (non-hydrogen) atoms. The smallest absolute Gasteiger partial charge is 0.126 e. The van der Waals surface area contributed by atoms with Gasteiger partial charge < -0.3 is 0 Å². The summed E-state index contributed by atoms with van der Waals surface area (Å²) in [6.45, 7) is 2.04. The number of allylic oxidation sites excluding steroid dienone is 2. The van der Waals surface area contributed by atoms with E-state index in [0.717, 1.165) is 12.0 Å². The highest BCUT2D eigenvalue weighted by atomic mass is 14.3. The molecule has 0 saturated heterocycles. The number of hydrogen-bond donors (Lipinski definition) is 0. The van der Waals surface area contributed by atoms with E-state index in [1.54, 1.807) is 6.08 Å². The van der Waals surface area contributed by atoms with Gasteiger partial charge in [0, 0.05) is 5.92 Å². The van der Waals surface area contributed by atoms with Crippen LogP contribution in [0.5, 0.6) is 0 Å². The lowest BCUT2D eigenvalue weighted by molar-refractivity contribution is 0.803. The lowest BCUT2D eigenvalue weighted by Gasteiger charge is -2.09. The van der Waals surface area contributed by atoms with Gasteiger partial charge in [-0.05, 0) is 18.1 Å². The lowest BCUT2D eigenvalue weighted by Crippen LogP contribution is -1.94. The zero-order chi connectivity index (χ0) is 11.1. The normalized spacial score (nSPS) is 10.9. The van der Waals surface area contributed by atoms with Crippen LogP contribution in [0.1, 0.15) is 24.8 Å². The van der Waals surface area contributed by atoms with Gasteiger partial charge in [0.25, 0.3) is 0 Å². The molecule has 1 rings (SSSR count). The van der Waals surface area contributed by atoms with E-state index >= 15 is 0 Å². The molecule has 0 saturated carbocycles. The molecule has 1 unspecified atom stereocenters. The summed E-state index contributed by atoms with van der Waals surface area (Å²) in [5, 5.41) is 17.4. The van der Waals surface area contributed by atoms with Crippen molar-refractivity contribution in [3.05, 3.63) is 47.5 Å². The molecule has 0 heterocycles. The highest BCUT2D eigenvalue weighted by Crippen LogP contribution is 2.21. The Kier molecular flexibility index (Phi) is 4.13. The second-order valence-corrected chi connectivity index (χ2v) is 3.23. The molecular weight excluding hydrogens is 184 g/mol. The Morgan fingerprint density at radius 2 is 1.87 bits per heavy atom. The predicted molar refractivity (Wildman–Crippen MR) is 58.8 cm³/mol. The average Bonchev–Trinajstić information content (AvgIpc) is 2.32. The van der Waals surface area contributed by atoms with Crippen molar-refractivity contribution in [1.82, 2.24) is 0 Å². The van der Waals surface area contributed by atoms with Crippen molar-refractivity contribution in [2.75, 3.05) is 0 Å². The van der Waals surface area contributed by atoms with Gasteiger partial charge in [-0.1, -0.05) is 37.3 Å². The highest BCUT2D eigenvalue weighted by Gasteiger charge is 2.06. The Hall–Kier alpha value is -2.06. The molecule has 0 aliphatic rings. The number of rotatable bonds is 3. The first-order valence-electron chi connectivity index (χ1n) is 4.88. The van der Waals surface area contributed by atoms with E-state index in [4.69, 9.17) is 10.5 Å². The Morgan fingerprint density at radius 3 is 2.33 bits per heavy atom. The monoisotopic (exact) mass is 196 g/mol. The predicted octanol–water partition coefficient (Wildman–Crippen LogP) is 3.15. The van der Waals surface area contributed by atoms with Gasteiger partial charge in [-0.3, -0.25) is 0 Å². The summed E-state index contributed by atoms with van der Waals surface area (Å²) in [5.74, 6) is 0.153. The fraction of sp³-hybridized carbons (Fsp3) is 0.231. The van der Waals surface area contributed by atoms with Crippen molar-refractivity contribution >= 4 is 0 Å². The maximum absolute atomic E-state index is 8.68. The summed E-state index contributed by atoms with van der Waals surface area (Å²) in [7, 11) is 0. The molecule has 2 nitrogen and oxygen atoms in total. The molecule has 0 amide bonds. The molecule has 0 N–H and O–H groups in total. The molecule has 74 valence electrons. The number of benzene rings is 1. The van der Waals surface area contributed by atoms with Crippen molar-refractivity contribution in [2.24, 2.45) is 0 Å². The Bertz CT molecular complexity index is 402. The van der Waals surface area contributed by atoms with E-state index in [1.807, 2.05) is 49.4 Å². The average molecular weight is 196 g/mol. The molecule has 0 radical (unpaired) electrons. The van der Waals surface area contributed by atoms with Crippen LogP contribution in [0, 0.1) is 22.7 Å². The molecule has 0 aromatic heterocycles. The van der Waals surface area contributed by atoms with Gasteiger partial charge in [0.15, 0.2) is 0 Å². The molecule has 1 atom stereocenters. The van der Waals surface area contributed by atoms with Gasteiger partial charge in [-0.15, -0.1) is 0 Å². The third-order valence-electron chi connectivity index (χ3n) is 2.28. The van der Waals surface area contributed by atoms with E-state index in [-0.39, 0.29) is 11.5 Å². The summed E-state index contributed by atoms with van der Waals surface area (Å²) in [5.41, 5.74) is 1.33. The van der Waals surface area contributed by atoms with E-state index in [9.17, 15) is 0 Å². The minimum absolute atomic E-state index is 0.153. The second kappa shape index (κ2) is 5.62. The Morgan fingerprint density at radius 1 is 1.27 bits per heavy atom. The van der Waals surface area contributed by atoms with Crippen molar-refractivity contribution in [3.8, 4) is 12.1 Å². The third-order valence-corrected chi connectivity index (χ3v) is 2.28. The molecule has 1 aromatic carbocycles. The van der Waals surface area contributed by atoms with Crippen LogP contribution in [0.15, 0.2) is 42.0 Å². The summed E-state index contributed by atoms with van der Waals surface area (Å²) in [6.07, 6.45) is 2.62. The van der Waals surface area contributed by atoms with Crippen molar-refractivity contribution < 1.29 is 0 Å². The van der Waals surface area contributed by atoms with Crippen molar-refractivity contribution in [1.29, 1.82) is 10.5 Å². The van der Waals surface area contributed by atoms with Crippen LogP contribution in [0.2, 0.25) is 0 Å². The molecule has 0 spiro atoms. The van der Waals surface area contributed by atoms with Crippen LogP contribution in [-0.4, -0.2) is 0 Å². The van der Waals surface area contributed by atoms with E-state index in [1.165, 1.54) is 0 Å². The lowest BCUT2D eigenvalue weighted by atomic mass is 9.94. The highest BCUT2D eigenvalue weighted by molar-refractivity contribution is 5.38. The number of nitriles is 2. The maximum atomic E-state index is 8.68. The number of hydrogen-bond acceptors (Lipinski definition) is 2. The van der Waals surface area contributed by atoms with Crippen LogP contribution < -0.4 is 0 Å². The van der Waals surface area contributed by atoms with Crippen LogP contribution >= 0.6 is 0 Å². The molecule has 0 aliphatic carbocycles. The summed E-state index contributed by atoms with van der Waals surface area (Å²) in [4.78, 5) is 0. The second-order valence-electron chi connectivity index (χ2n) is 3.23. The first-order chi connectivity index (χ1) is 7.31. The fourth-order valence-corrected chi connectivity index (χ4v) is 1.45. The van der Waals surface area contributed by atoms with Crippen molar-refractivity contribution in [2.45, 2.75) is 19.3 Å². The van der Waals surface area contributed by atoms with Crippen LogP contribution in [0.4, 0.5) is 0 Å². The van der Waals surface area contributed by atoms with E-state index in [0.29, 0.717) is 0 Å². The molecule has 0 aliphatic heterocycles. The largest absolute Gasteiger partial charge is 0.192 e. The third kappa shape index (κ3) is 2.97. The first-order valence-corrected chi connectivity index (χ1v) is 4.88. The SMILES string of the molecule is CCC(C=C(C#N)C#N)c1ccccc1. The van der Waals surface area contributed by atoms with Crippen LogP contribution in [-0.2, 0) is 0 Å². The molecule has 0 fully saturated rings. The van der Waals surface area contributed by atoms with E-state index in [2.05, 4.69) is 0 Å². The number of nitrogens with zero attached hydrogens (tertiary/aromatic N) is 2. The quantitative estimate of drug-likeness (QED) is 0.697. The van der Waals surface area contributed by atoms with Crippen LogP contribution in [0.25, 0.3) is 0 Å². The molecule has 1 aromatic rings. The minimum atomic E-state index is 0.153. The summed E-state index contributed by atoms with van der Waals surface area (Å²) >= 11 is 0. The maximum Gasteiger partial charge on any atom is 0.126 e. The first kappa shape index (κ1) is 11.0. The van der Waals surface area contributed by atoms with E-state index < -0.39 is 0 Å². The zero-order valence-electron chi connectivity index (χ0n) is 8.64. The minimum Gasteiger partial charge on any atom is -0.192 e. The molecular formula is C13H12N2. The standard InChI is InChI=1S/C13H12N2/c1-2-12(8-11(9-14)10-15)13-6-4-3-5-7-13/h3-8,12H,2H2,1H3. The molecule has 2 heteroatoms. The van der Waals surface area contributed by atoms with Gasteiger partial charge in [0.05, 0.1) is 0 Å². The Labute approximate surface area is 90.1 Å². The fourth-order valence-electron chi connectivity index (χ4n) is 1.45. The topological polar surface area (TPSA) is 47.6 Å². The van der Waals surface area contributed by atoms with Crippen LogP contribution in [0.3, 0.4) is 0 Å². The summed E-state index contributed by atoms with van der Waals surface area (Å²) < 4.78 is 0. The molecule has 0 bridgehead atoms. The van der Waals surface area contributed by atoms with Gasteiger partial charge in [-0.25, -0.2) is 0 Å². The van der Waals surface area contributed by atoms with Gasteiger partial charge >= 0.3 is 0 Å².